The van der Waals surface area contributed by atoms with Gasteiger partial charge in [0.25, 0.3) is 0 Å². The molecular formula is C21H33N3O2. The first-order valence-corrected chi connectivity index (χ1v) is 9.79. The van der Waals surface area contributed by atoms with E-state index in [1.54, 1.807) is 0 Å². The SMILES string of the molecule is CCCCNC(=O)C1CCC(C)N(CC(=O)Nc2ccc(C)cc2C)C1. The number of nitrogens with zero attached hydrogens (tertiary/aromatic N) is 1. The fourth-order valence-corrected chi connectivity index (χ4v) is 3.47. The molecule has 1 heterocycles. The van der Waals surface area contributed by atoms with Gasteiger partial charge in [0, 0.05) is 24.8 Å². The number of carbonyl (C=O) groups is 2. The summed E-state index contributed by atoms with van der Waals surface area (Å²) in [4.78, 5) is 27.0. The van der Waals surface area contributed by atoms with Crippen LogP contribution < -0.4 is 10.6 Å². The first kappa shape index (κ1) is 20.4. The Balaban J connectivity index is 1.89. The molecule has 1 aliphatic rings. The molecule has 0 spiro atoms. The van der Waals surface area contributed by atoms with Gasteiger partial charge in [-0.2, -0.15) is 0 Å². The van der Waals surface area contributed by atoms with E-state index in [0.29, 0.717) is 19.1 Å². The zero-order valence-corrected chi connectivity index (χ0v) is 16.6. The Morgan fingerprint density at radius 1 is 1.23 bits per heavy atom. The van der Waals surface area contributed by atoms with Crippen LogP contribution in [0.2, 0.25) is 0 Å². The molecule has 5 nitrogen and oxygen atoms in total. The second kappa shape index (κ2) is 9.72. The molecule has 0 aromatic heterocycles. The molecule has 2 atom stereocenters. The van der Waals surface area contributed by atoms with Crippen molar-refractivity contribution in [3.63, 3.8) is 0 Å². The fraction of sp³-hybridized carbons (Fsp3) is 0.619. The van der Waals surface area contributed by atoms with E-state index in [1.165, 1.54) is 5.56 Å². The first-order valence-electron chi connectivity index (χ1n) is 9.79. The topological polar surface area (TPSA) is 61.4 Å². The maximum Gasteiger partial charge on any atom is 0.238 e. The summed E-state index contributed by atoms with van der Waals surface area (Å²) in [6.45, 7) is 10.0. The van der Waals surface area contributed by atoms with Gasteiger partial charge >= 0.3 is 0 Å². The van der Waals surface area contributed by atoms with Crippen LogP contribution in [0.1, 0.15) is 50.7 Å². The lowest BCUT2D eigenvalue weighted by molar-refractivity contribution is -0.128. The Bertz CT molecular complexity index is 630. The van der Waals surface area contributed by atoms with Crippen molar-refractivity contribution in [2.45, 2.75) is 59.4 Å². The van der Waals surface area contributed by atoms with Crippen molar-refractivity contribution in [3.8, 4) is 0 Å². The summed E-state index contributed by atoms with van der Waals surface area (Å²) < 4.78 is 0. The van der Waals surface area contributed by atoms with Crippen molar-refractivity contribution in [1.82, 2.24) is 10.2 Å². The number of nitrogens with one attached hydrogen (secondary N) is 2. The molecule has 0 saturated carbocycles. The Kier molecular flexibility index (Phi) is 7.64. The van der Waals surface area contributed by atoms with Crippen molar-refractivity contribution in [2.75, 3.05) is 25.0 Å². The number of benzene rings is 1. The molecule has 1 saturated heterocycles. The van der Waals surface area contributed by atoms with Crippen molar-refractivity contribution in [2.24, 2.45) is 5.92 Å². The van der Waals surface area contributed by atoms with E-state index in [4.69, 9.17) is 0 Å². The third kappa shape index (κ3) is 5.84. The van der Waals surface area contributed by atoms with Gasteiger partial charge in [0.1, 0.15) is 0 Å². The molecule has 26 heavy (non-hydrogen) atoms. The zero-order valence-electron chi connectivity index (χ0n) is 16.6. The Hall–Kier alpha value is -1.88. The quantitative estimate of drug-likeness (QED) is 0.735. The molecule has 1 aromatic carbocycles. The van der Waals surface area contributed by atoms with E-state index in [0.717, 1.165) is 43.5 Å². The van der Waals surface area contributed by atoms with Gasteiger partial charge in [-0.1, -0.05) is 31.0 Å². The molecule has 0 aliphatic carbocycles. The van der Waals surface area contributed by atoms with Crippen molar-refractivity contribution >= 4 is 17.5 Å². The van der Waals surface area contributed by atoms with Crippen LogP contribution in [-0.2, 0) is 9.59 Å². The lowest BCUT2D eigenvalue weighted by Gasteiger charge is -2.36. The van der Waals surface area contributed by atoms with Gasteiger partial charge in [0.15, 0.2) is 0 Å². The number of carbonyl (C=O) groups excluding carboxylic acids is 2. The number of hydrogen-bond acceptors (Lipinski definition) is 3. The second-order valence-electron chi connectivity index (χ2n) is 7.56. The van der Waals surface area contributed by atoms with Gasteiger partial charge < -0.3 is 10.6 Å². The van der Waals surface area contributed by atoms with Crippen LogP contribution >= 0.6 is 0 Å². The fourth-order valence-electron chi connectivity index (χ4n) is 3.47. The average molecular weight is 360 g/mol. The highest BCUT2D eigenvalue weighted by Crippen LogP contribution is 2.22. The monoisotopic (exact) mass is 359 g/mol. The van der Waals surface area contributed by atoms with Crippen molar-refractivity contribution < 1.29 is 9.59 Å². The molecule has 0 radical (unpaired) electrons. The van der Waals surface area contributed by atoms with Crippen LogP contribution in [0.4, 0.5) is 5.69 Å². The summed E-state index contributed by atoms with van der Waals surface area (Å²) in [5.41, 5.74) is 3.11. The predicted molar refractivity (Wildman–Crippen MR) is 106 cm³/mol. The number of likely N-dealkylation sites (tertiary alicyclic amines) is 1. The van der Waals surface area contributed by atoms with Crippen LogP contribution in [0, 0.1) is 19.8 Å². The van der Waals surface area contributed by atoms with Crippen LogP contribution in [0.3, 0.4) is 0 Å². The minimum Gasteiger partial charge on any atom is -0.356 e. The molecule has 5 heteroatoms. The molecule has 1 fully saturated rings. The summed E-state index contributed by atoms with van der Waals surface area (Å²) in [6.07, 6.45) is 3.93. The highest BCUT2D eigenvalue weighted by atomic mass is 16.2. The normalized spacial score (nSPS) is 20.6. The largest absolute Gasteiger partial charge is 0.356 e. The minimum atomic E-state index is -0.0177. The third-order valence-electron chi connectivity index (χ3n) is 5.21. The minimum absolute atomic E-state index is 0.0167. The Morgan fingerprint density at radius 3 is 2.69 bits per heavy atom. The number of rotatable bonds is 7. The average Bonchev–Trinajstić information content (AvgIpc) is 2.59. The second-order valence-corrected chi connectivity index (χ2v) is 7.56. The van der Waals surface area contributed by atoms with Crippen molar-refractivity contribution in [1.29, 1.82) is 0 Å². The van der Waals surface area contributed by atoms with E-state index >= 15 is 0 Å². The van der Waals surface area contributed by atoms with Crippen LogP contribution in [0.25, 0.3) is 0 Å². The van der Waals surface area contributed by atoms with Gasteiger partial charge in [-0.15, -0.1) is 0 Å². The lowest BCUT2D eigenvalue weighted by Crippen LogP contribution is -2.49. The Labute approximate surface area is 157 Å². The van der Waals surface area contributed by atoms with E-state index in [2.05, 4.69) is 35.4 Å². The zero-order chi connectivity index (χ0) is 19.1. The first-order chi connectivity index (χ1) is 12.4. The molecule has 2 rings (SSSR count). The molecule has 0 bridgehead atoms. The van der Waals surface area contributed by atoms with E-state index in [1.807, 2.05) is 26.0 Å². The van der Waals surface area contributed by atoms with Gasteiger partial charge in [-0.05, 0) is 51.7 Å². The van der Waals surface area contributed by atoms with Crippen LogP contribution in [0.15, 0.2) is 18.2 Å². The standard InChI is InChI=1S/C21H33N3O2/c1-5-6-11-22-21(26)18-9-8-17(4)24(13-18)14-20(25)23-19-10-7-15(2)12-16(19)3/h7,10,12,17-18H,5-6,8-9,11,13-14H2,1-4H3,(H,22,26)(H,23,25). The number of aryl methyl sites for hydroxylation is 2. The molecule has 2 amide bonds. The number of piperidine rings is 1. The Morgan fingerprint density at radius 2 is 2.00 bits per heavy atom. The number of hydrogen-bond donors (Lipinski definition) is 2. The maximum absolute atomic E-state index is 12.5. The summed E-state index contributed by atoms with van der Waals surface area (Å²) in [5, 5.41) is 6.04. The summed E-state index contributed by atoms with van der Waals surface area (Å²) in [7, 11) is 0. The molecule has 1 aromatic rings. The highest BCUT2D eigenvalue weighted by molar-refractivity contribution is 5.93. The summed E-state index contributed by atoms with van der Waals surface area (Å²) >= 11 is 0. The van der Waals surface area contributed by atoms with Gasteiger partial charge in [0.05, 0.1) is 12.5 Å². The predicted octanol–water partition coefficient (Wildman–Crippen LogP) is 3.26. The van der Waals surface area contributed by atoms with Crippen LogP contribution in [0.5, 0.6) is 0 Å². The highest BCUT2D eigenvalue weighted by Gasteiger charge is 2.30. The molecular weight excluding hydrogens is 326 g/mol. The van der Waals surface area contributed by atoms with E-state index in [9.17, 15) is 9.59 Å². The molecule has 1 aliphatic heterocycles. The smallest absolute Gasteiger partial charge is 0.238 e. The lowest BCUT2D eigenvalue weighted by atomic mass is 9.92. The number of unbranched alkanes of at least 4 members (excludes halogenated alkanes) is 1. The van der Waals surface area contributed by atoms with Crippen molar-refractivity contribution in [3.05, 3.63) is 29.3 Å². The molecule has 2 unspecified atom stereocenters. The molecule has 2 N–H and O–H groups in total. The summed E-state index contributed by atoms with van der Waals surface area (Å²) in [5.74, 6) is 0.0953. The molecule has 144 valence electrons. The number of amides is 2. The number of anilines is 1. The van der Waals surface area contributed by atoms with Gasteiger partial charge in [0.2, 0.25) is 11.8 Å². The third-order valence-corrected chi connectivity index (χ3v) is 5.21. The van der Waals surface area contributed by atoms with E-state index < -0.39 is 0 Å². The van der Waals surface area contributed by atoms with Crippen LogP contribution in [-0.4, -0.2) is 42.4 Å². The maximum atomic E-state index is 12.5. The summed E-state index contributed by atoms with van der Waals surface area (Å²) in [6, 6.07) is 6.34. The van der Waals surface area contributed by atoms with E-state index in [-0.39, 0.29) is 17.7 Å². The van der Waals surface area contributed by atoms with Gasteiger partial charge in [-0.3, -0.25) is 14.5 Å². The van der Waals surface area contributed by atoms with Gasteiger partial charge in [-0.25, -0.2) is 0 Å².